The fourth-order valence-corrected chi connectivity index (χ4v) is 3.71. The summed E-state index contributed by atoms with van der Waals surface area (Å²) in [5, 5.41) is 0. The summed E-state index contributed by atoms with van der Waals surface area (Å²) in [7, 11) is 0. The largest absolute Gasteiger partial charge is 0.459 e. The van der Waals surface area contributed by atoms with E-state index in [0.29, 0.717) is 19.4 Å². The molecule has 3 rings (SSSR count). The molecule has 2 fully saturated rings. The summed E-state index contributed by atoms with van der Waals surface area (Å²) in [6, 6.07) is 8.32. The fraction of sp³-hybridized carbons (Fsp3) is 0.550. The van der Waals surface area contributed by atoms with Crippen LogP contribution in [0.1, 0.15) is 38.7 Å². The molecule has 0 bridgehead atoms. The first-order chi connectivity index (χ1) is 12.5. The Kier molecular flexibility index (Phi) is 5.59. The molecule has 2 aliphatic heterocycles. The Morgan fingerprint density at radius 3 is 2.65 bits per heavy atom. The molecule has 0 radical (unpaired) electrons. The van der Waals surface area contributed by atoms with Crippen LogP contribution < -0.4 is 0 Å². The highest BCUT2D eigenvalue weighted by Crippen LogP contribution is 2.27. The van der Waals surface area contributed by atoms with Crippen molar-refractivity contribution in [1.82, 2.24) is 9.80 Å². The molecule has 2 heterocycles. The van der Waals surface area contributed by atoms with Crippen LogP contribution in [0.25, 0.3) is 0 Å². The summed E-state index contributed by atoms with van der Waals surface area (Å²) in [4.78, 5) is 41.1. The number of carbonyl (C=O) groups is 3. The molecule has 0 saturated carbocycles. The molecule has 1 aromatic rings. The molecule has 0 N–H and O–H groups in total. The van der Waals surface area contributed by atoms with Crippen LogP contribution in [0.2, 0.25) is 0 Å². The van der Waals surface area contributed by atoms with Gasteiger partial charge in [0.1, 0.15) is 25.2 Å². The van der Waals surface area contributed by atoms with Crippen molar-refractivity contribution in [2.75, 3.05) is 13.1 Å². The van der Waals surface area contributed by atoms with E-state index in [9.17, 15) is 14.4 Å². The Hall–Kier alpha value is -2.37. The van der Waals surface area contributed by atoms with Gasteiger partial charge < -0.3 is 14.5 Å². The van der Waals surface area contributed by atoms with E-state index >= 15 is 0 Å². The minimum Gasteiger partial charge on any atom is -0.459 e. The SMILES string of the molecule is CC(C)C[C@@H](C(=O)OCc1ccccc1)N1CC(=O)N2CCC[C@H]2C1=O. The zero-order valence-corrected chi connectivity index (χ0v) is 15.4. The molecule has 2 atom stereocenters. The van der Waals surface area contributed by atoms with Crippen LogP contribution in [0.15, 0.2) is 30.3 Å². The van der Waals surface area contributed by atoms with Gasteiger partial charge in [0.05, 0.1) is 0 Å². The average Bonchev–Trinajstić information content (AvgIpc) is 3.12. The molecule has 0 spiro atoms. The molecule has 0 aromatic heterocycles. The summed E-state index contributed by atoms with van der Waals surface area (Å²) < 4.78 is 5.48. The Labute approximate surface area is 154 Å². The topological polar surface area (TPSA) is 66.9 Å². The number of ether oxygens (including phenoxy) is 1. The molecule has 0 unspecified atom stereocenters. The van der Waals surface area contributed by atoms with Gasteiger partial charge in [-0.1, -0.05) is 44.2 Å². The summed E-state index contributed by atoms with van der Waals surface area (Å²) in [6.07, 6.45) is 2.00. The van der Waals surface area contributed by atoms with Crippen LogP contribution in [-0.4, -0.2) is 52.8 Å². The van der Waals surface area contributed by atoms with Crippen LogP contribution in [-0.2, 0) is 25.7 Å². The quantitative estimate of drug-likeness (QED) is 0.729. The number of hydrogen-bond acceptors (Lipinski definition) is 4. The monoisotopic (exact) mass is 358 g/mol. The highest BCUT2D eigenvalue weighted by molar-refractivity contribution is 5.97. The number of benzene rings is 1. The third-order valence-electron chi connectivity index (χ3n) is 5.01. The van der Waals surface area contributed by atoms with Crippen molar-refractivity contribution in [2.45, 2.75) is 51.8 Å². The molecule has 2 aliphatic rings. The molecule has 6 nitrogen and oxygen atoms in total. The Bertz CT molecular complexity index is 674. The van der Waals surface area contributed by atoms with E-state index in [2.05, 4.69) is 0 Å². The molecule has 26 heavy (non-hydrogen) atoms. The second-order valence-corrected chi connectivity index (χ2v) is 7.45. The van der Waals surface area contributed by atoms with Gasteiger partial charge in [-0.25, -0.2) is 4.79 Å². The van der Waals surface area contributed by atoms with Crippen LogP contribution in [0.3, 0.4) is 0 Å². The lowest BCUT2D eigenvalue weighted by Crippen LogP contribution is -2.61. The first-order valence-corrected chi connectivity index (χ1v) is 9.28. The van der Waals surface area contributed by atoms with Gasteiger partial charge in [0.15, 0.2) is 0 Å². The van der Waals surface area contributed by atoms with Crippen LogP contribution in [0.4, 0.5) is 0 Å². The van der Waals surface area contributed by atoms with Crippen molar-refractivity contribution in [3.63, 3.8) is 0 Å². The Balaban J connectivity index is 1.73. The highest BCUT2D eigenvalue weighted by atomic mass is 16.5. The lowest BCUT2D eigenvalue weighted by molar-refractivity contribution is -0.165. The number of carbonyl (C=O) groups excluding carboxylic acids is 3. The molecule has 2 amide bonds. The van der Waals surface area contributed by atoms with Gasteiger partial charge in [-0.05, 0) is 30.7 Å². The minimum atomic E-state index is -0.710. The van der Waals surface area contributed by atoms with E-state index in [-0.39, 0.29) is 30.9 Å². The first kappa shape index (κ1) is 18.4. The molecular weight excluding hydrogens is 332 g/mol. The zero-order valence-electron chi connectivity index (χ0n) is 15.4. The molecule has 6 heteroatoms. The maximum Gasteiger partial charge on any atom is 0.329 e. The Morgan fingerprint density at radius 1 is 1.23 bits per heavy atom. The lowest BCUT2D eigenvalue weighted by Gasteiger charge is -2.40. The second-order valence-electron chi connectivity index (χ2n) is 7.45. The van der Waals surface area contributed by atoms with E-state index in [1.165, 1.54) is 4.90 Å². The number of amides is 2. The molecule has 0 aliphatic carbocycles. The zero-order chi connectivity index (χ0) is 18.7. The number of hydrogen-bond donors (Lipinski definition) is 0. The standard InChI is InChI=1S/C20H26N2O4/c1-14(2)11-17(20(25)26-13-15-7-4-3-5-8-15)22-12-18(23)21-10-6-9-16(21)19(22)24/h3-5,7-8,14,16-17H,6,9-13H2,1-2H3/t16-,17-/m0/s1. The van der Waals surface area contributed by atoms with Gasteiger partial charge >= 0.3 is 5.97 Å². The molecular formula is C20H26N2O4. The summed E-state index contributed by atoms with van der Waals surface area (Å²) in [5.74, 6) is -0.426. The van der Waals surface area contributed by atoms with E-state index in [1.807, 2.05) is 44.2 Å². The number of nitrogens with zero attached hydrogens (tertiary/aromatic N) is 2. The van der Waals surface area contributed by atoms with Crippen LogP contribution >= 0.6 is 0 Å². The van der Waals surface area contributed by atoms with Crippen LogP contribution in [0.5, 0.6) is 0 Å². The third-order valence-corrected chi connectivity index (χ3v) is 5.01. The van der Waals surface area contributed by atoms with E-state index in [0.717, 1.165) is 12.0 Å². The highest BCUT2D eigenvalue weighted by Gasteiger charge is 2.46. The van der Waals surface area contributed by atoms with E-state index in [1.54, 1.807) is 4.90 Å². The summed E-state index contributed by atoms with van der Waals surface area (Å²) >= 11 is 0. The van der Waals surface area contributed by atoms with Crippen molar-refractivity contribution in [1.29, 1.82) is 0 Å². The van der Waals surface area contributed by atoms with Gasteiger partial charge in [-0.15, -0.1) is 0 Å². The van der Waals surface area contributed by atoms with Gasteiger partial charge in [-0.3, -0.25) is 9.59 Å². The normalized spacial score (nSPS) is 21.1. The van der Waals surface area contributed by atoms with Gasteiger partial charge in [-0.2, -0.15) is 0 Å². The van der Waals surface area contributed by atoms with Crippen molar-refractivity contribution >= 4 is 17.8 Å². The molecule has 1 aromatic carbocycles. The van der Waals surface area contributed by atoms with E-state index in [4.69, 9.17) is 4.74 Å². The third kappa shape index (κ3) is 3.89. The fourth-order valence-electron chi connectivity index (χ4n) is 3.71. The predicted molar refractivity (Wildman–Crippen MR) is 95.9 cm³/mol. The number of piperazine rings is 1. The van der Waals surface area contributed by atoms with Gasteiger partial charge in [0, 0.05) is 6.54 Å². The number of esters is 1. The van der Waals surface area contributed by atoms with Crippen molar-refractivity contribution in [3.8, 4) is 0 Å². The first-order valence-electron chi connectivity index (χ1n) is 9.28. The predicted octanol–water partition coefficient (Wildman–Crippen LogP) is 1.98. The van der Waals surface area contributed by atoms with E-state index < -0.39 is 18.1 Å². The number of rotatable bonds is 6. The van der Waals surface area contributed by atoms with Gasteiger partial charge in [0.25, 0.3) is 0 Å². The smallest absolute Gasteiger partial charge is 0.329 e. The minimum absolute atomic E-state index is 0.0346. The number of fused-ring (bicyclic) bond motifs is 1. The Morgan fingerprint density at radius 2 is 1.96 bits per heavy atom. The van der Waals surface area contributed by atoms with Crippen molar-refractivity contribution in [2.24, 2.45) is 5.92 Å². The van der Waals surface area contributed by atoms with Crippen molar-refractivity contribution < 1.29 is 19.1 Å². The second kappa shape index (κ2) is 7.89. The maximum atomic E-state index is 12.9. The van der Waals surface area contributed by atoms with Crippen LogP contribution in [0, 0.1) is 5.92 Å². The lowest BCUT2D eigenvalue weighted by atomic mass is 10.00. The molecule has 2 saturated heterocycles. The summed E-state index contributed by atoms with van der Waals surface area (Å²) in [5.41, 5.74) is 0.896. The molecule has 140 valence electrons. The maximum absolute atomic E-state index is 12.9. The van der Waals surface area contributed by atoms with Crippen molar-refractivity contribution in [3.05, 3.63) is 35.9 Å². The summed E-state index contributed by atoms with van der Waals surface area (Å²) in [6.45, 7) is 4.76. The average molecular weight is 358 g/mol. The van der Waals surface area contributed by atoms with Gasteiger partial charge in [0.2, 0.25) is 11.8 Å².